The average Bonchev–Trinajstić information content (AvgIpc) is 2.57. The molecule has 0 saturated carbocycles. The molecule has 0 aromatic carbocycles. The van der Waals surface area contributed by atoms with Crippen molar-refractivity contribution in [2.75, 3.05) is 26.2 Å². The molecule has 0 spiro atoms. The van der Waals surface area contributed by atoms with Crippen LogP contribution in [0.1, 0.15) is 19.3 Å². The van der Waals surface area contributed by atoms with E-state index in [1.807, 2.05) is 6.08 Å². The van der Waals surface area contributed by atoms with Gasteiger partial charge in [-0.25, -0.2) is 0 Å². The van der Waals surface area contributed by atoms with Crippen molar-refractivity contribution in [3.05, 3.63) is 11.6 Å². The van der Waals surface area contributed by atoms with Crippen molar-refractivity contribution >= 4 is 16.8 Å². The molecule has 0 unspecified atom stereocenters. The first-order valence-electron chi connectivity index (χ1n) is 4.96. The monoisotopic (exact) mass is 198 g/mol. The van der Waals surface area contributed by atoms with E-state index in [1.54, 1.807) is 0 Å². The lowest BCUT2D eigenvalue weighted by molar-refractivity contribution is 0.365. The topological polar surface area (TPSA) is 15.6 Å². The normalized spacial score (nSPS) is 24.4. The molecule has 2 aliphatic heterocycles. The lowest BCUT2D eigenvalue weighted by Gasteiger charge is -2.18. The van der Waals surface area contributed by atoms with Crippen molar-refractivity contribution in [3.8, 4) is 0 Å². The summed E-state index contributed by atoms with van der Waals surface area (Å²) in [4.78, 5) is 6.64. The molecule has 0 aromatic rings. The van der Waals surface area contributed by atoms with Crippen LogP contribution in [-0.4, -0.2) is 36.2 Å². The predicted molar refractivity (Wildman–Crippen MR) is 56.5 cm³/mol. The van der Waals surface area contributed by atoms with E-state index < -0.39 is 0 Å². The summed E-state index contributed by atoms with van der Waals surface area (Å²) in [5.41, 5.74) is 1.45. The molecule has 0 radical (unpaired) electrons. The number of allylic oxidation sites excluding steroid dienone is 1. The molecule has 0 N–H and O–H groups in total. The first-order valence-corrected chi connectivity index (χ1v) is 5.34. The number of hydrogen-bond donors (Lipinski definition) is 0. The van der Waals surface area contributed by atoms with E-state index in [4.69, 9.17) is 11.6 Å². The number of hydrogen-bond acceptors (Lipinski definition) is 2. The maximum absolute atomic E-state index is 5.85. The summed E-state index contributed by atoms with van der Waals surface area (Å²) in [7, 11) is 0. The lowest BCUT2D eigenvalue weighted by Crippen LogP contribution is -2.23. The molecule has 13 heavy (non-hydrogen) atoms. The molecular formula is C10H15ClN2. The largest absolute Gasteiger partial charge is 0.299 e. The maximum atomic E-state index is 5.85. The molecular weight excluding hydrogens is 184 g/mol. The zero-order valence-electron chi connectivity index (χ0n) is 7.80. The van der Waals surface area contributed by atoms with Crippen molar-refractivity contribution in [2.45, 2.75) is 19.3 Å². The van der Waals surface area contributed by atoms with E-state index in [0.29, 0.717) is 5.17 Å². The van der Waals surface area contributed by atoms with Crippen LogP contribution in [0.25, 0.3) is 0 Å². The minimum atomic E-state index is 0.681. The van der Waals surface area contributed by atoms with Crippen LogP contribution < -0.4 is 0 Å². The first-order chi connectivity index (χ1) is 6.34. The highest BCUT2D eigenvalue weighted by Gasteiger charge is 2.14. The molecule has 2 heterocycles. The Bertz CT molecular complexity index is 239. The smallest absolute Gasteiger partial charge is 0.123 e. The Morgan fingerprint density at radius 3 is 2.85 bits per heavy atom. The van der Waals surface area contributed by atoms with Crippen LogP contribution in [0.4, 0.5) is 0 Å². The van der Waals surface area contributed by atoms with Crippen LogP contribution in [0.5, 0.6) is 0 Å². The Kier molecular flexibility index (Phi) is 3.01. The third-order valence-electron chi connectivity index (χ3n) is 2.64. The highest BCUT2D eigenvalue weighted by Crippen LogP contribution is 2.15. The van der Waals surface area contributed by atoms with Crippen LogP contribution in [0.3, 0.4) is 0 Å². The van der Waals surface area contributed by atoms with Crippen LogP contribution in [0.15, 0.2) is 16.6 Å². The summed E-state index contributed by atoms with van der Waals surface area (Å²) in [6.45, 7) is 4.49. The van der Waals surface area contributed by atoms with Crippen molar-refractivity contribution < 1.29 is 0 Å². The summed E-state index contributed by atoms with van der Waals surface area (Å²) in [6, 6.07) is 0. The SMILES string of the molecule is ClC1=NCCC(CN2CCCC2)=C1. The van der Waals surface area contributed by atoms with Gasteiger partial charge in [0, 0.05) is 13.1 Å². The molecule has 0 aromatic heterocycles. The van der Waals surface area contributed by atoms with Gasteiger partial charge in [-0.15, -0.1) is 0 Å². The van der Waals surface area contributed by atoms with Gasteiger partial charge in [0.2, 0.25) is 0 Å². The van der Waals surface area contributed by atoms with E-state index in [-0.39, 0.29) is 0 Å². The first kappa shape index (κ1) is 9.22. The molecule has 0 atom stereocenters. The second-order valence-electron chi connectivity index (χ2n) is 3.74. The molecule has 2 nitrogen and oxygen atoms in total. The van der Waals surface area contributed by atoms with Gasteiger partial charge in [0.1, 0.15) is 5.17 Å². The second kappa shape index (κ2) is 4.25. The Morgan fingerprint density at radius 1 is 1.38 bits per heavy atom. The van der Waals surface area contributed by atoms with Gasteiger partial charge >= 0.3 is 0 Å². The minimum Gasteiger partial charge on any atom is -0.299 e. The van der Waals surface area contributed by atoms with Crippen LogP contribution in [0, 0.1) is 0 Å². The van der Waals surface area contributed by atoms with Gasteiger partial charge in [-0.2, -0.15) is 0 Å². The summed E-state index contributed by atoms with van der Waals surface area (Å²) in [6.07, 6.45) is 5.83. The number of nitrogens with zero attached hydrogens (tertiary/aromatic N) is 2. The molecule has 1 saturated heterocycles. The minimum absolute atomic E-state index is 0.681. The summed E-state index contributed by atoms with van der Waals surface area (Å²) in [5, 5.41) is 0.681. The standard InChI is InChI=1S/C10H15ClN2/c11-10-7-9(3-4-12-10)8-13-5-1-2-6-13/h7H,1-6,8H2. The zero-order chi connectivity index (χ0) is 9.10. The number of aliphatic imine (C=N–C) groups is 1. The number of rotatable bonds is 2. The number of halogens is 1. The van der Waals surface area contributed by atoms with E-state index in [9.17, 15) is 0 Å². The lowest BCUT2D eigenvalue weighted by atomic mass is 10.1. The fourth-order valence-corrected chi connectivity index (χ4v) is 2.18. The van der Waals surface area contributed by atoms with Crippen LogP contribution >= 0.6 is 11.6 Å². The fourth-order valence-electron chi connectivity index (χ4n) is 1.95. The Hall–Kier alpha value is -0.340. The van der Waals surface area contributed by atoms with Crippen molar-refractivity contribution in [1.82, 2.24) is 4.90 Å². The van der Waals surface area contributed by atoms with Gasteiger partial charge in [-0.3, -0.25) is 9.89 Å². The van der Waals surface area contributed by atoms with Crippen molar-refractivity contribution in [2.24, 2.45) is 4.99 Å². The third-order valence-corrected chi connectivity index (χ3v) is 2.87. The summed E-state index contributed by atoms with van der Waals surface area (Å²) in [5.74, 6) is 0. The predicted octanol–water partition coefficient (Wildman–Crippen LogP) is 2.05. The summed E-state index contributed by atoms with van der Waals surface area (Å²) < 4.78 is 0. The van der Waals surface area contributed by atoms with Gasteiger partial charge in [-0.1, -0.05) is 17.2 Å². The zero-order valence-corrected chi connectivity index (χ0v) is 8.56. The molecule has 2 rings (SSSR count). The Labute approximate surface area is 84.3 Å². The van der Waals surface area contributed by atoms with Gasteiger partial charge in [0.05, 0.1) is 0 Å². The Balaban J connectivity index is 1.90. The van der Waals surface area contributed by atoms with E-state index in [0.717, 1.165) is 19.5 Å². The number of dihydropyridines is 1. The Morgan fingerprint density at radius 2 is 2.15 bits per heavy atom. The van der Waals surface area contributed by atoms with Gasteiger partial charge in [0.25, 0.3) is 0 Å². The highest BCUT2D eigenvalue weighted by molar-refractivity contribution is 6.68. The molecule has 3 heteroatoms. The van der Waals surface area contributed by atoms with E-state index in [1.165, 1.54) is 31.5 Å². The fraction of sp³-hybridized carbons (Fsp3) is 0.700. The van der Waals surface area contributed by atoms with Gasteiger partial charge in [-0.05, 0) is 38.4 Å². The van der Waals surface area contributed by atoms with Gasteiger partial charge < -0.3 is 0 Å². The number of likely N-dealkylation sites (tertiary alicyclic amines) is 1. The third kappa shape index (κ3) is 2.55. The molecule has 0 bridgehead atoms. The quantitative estimate of drug-likeness (QED) is 0.663. The van der Waals surface area contributed by atoms with Crippen LogP contribution in [-0.2, 0) is 0 Å². The van der Waals surface area contributed by atoms with E-state index >= 15 is 0 Å². The summed E-state index contributed by atoms with van der Waals surface area (Å²) >= 11 is 5.85. The molecule has 2 aliphatic rings. The van der Waals surface area contributed by atoms with Crippen LogP contribution in [0.2, 0.25) is 0 Å². The second-order valence-corrected chi connectivity index (χ2v) is 4.13. The molecule has 72 valence electrons. The van der Waals surface area contributed by atoms with Crippen molar-refractivity contribution in [1.29, 1.82) is 0 Å². The molecule has 0 amide bonds. The van der Waals surface area contributed by atoms with E-state index in [2.05, 4.69) is 9.89 Å². The highest BCUT2D eigenvalue weighted by atomic mass is 35.5. The average molecular weight is 199 g/mol. The maximum Gasteiger partial charge on any atom is 0.123 e. The van der Waals surface area contributed by atoms with Crippen molar-refractivity contribution in [3.63, 3.8) is 0 Å². The molecule has 1 fully saturated rings. The van der Waals surface area contributed by atoms with Gasteiger partial charge in [0.15, 0.2) is 0 Å². The molecule has 0 aliphatic carbocycles.